The minimum Gasteiger partial charge on any atom is -0.490 e. The molecule has 2 rings (SSSR count). The summed E-state index contributed by atoms with van der Waals surface area (Å²) in [6.45, 7) is 6.84. The molecule has 1 heterocycles. The fourth-order valence-corrected chi connectivity index (χ4v) is 2.75. The number of urea groups is 1. The molecular formula is C20H31N3O6. The van der Waals surface area contributed by atoms with E-state index in [1.807, 2.05) is 13.8 Å². The van der Waals surface area contributed by atoms with Crippen molar-refractivity contribution in [3.8, 4) is 5.75 Å². The van der Waals surface area contributed by atoms with Gasteiger partial charge in [0.25, 0.3) is 0 Å². The Hall–Kier alpha value is -2.36. The number of carbonyl (C=O) groups is 2. The van der Waals surface area contributed by atoms with E-state index in [1.54, 1.807) is 29.2 Å². The average Bonchev–Trinajstić information content (AvgIpc) is 2.75. The van der Waals surface area contributed by atoms with Gasteiger partial charge in [0.15, 0.2) is 0 Å². The summed E-state index contributed by atoms with van der Waals surface area (Å²) in [5, 5.41) is 16.4. The van der Waals surface area contributed by atoms with Crippen LogP contribution < -0.4 is 15.4 Å². The molecule has 1 fully saturated rings. The van der Waals surface area contributed by atoms with E-state index in [1.165, 1.54) is 7.11 Å². The molecule has 1 aliphatic rings. The molecule has 1 unspecified atom stereocenters. The third-order valence-corrected chi connectivity index (χ3v) is 4.52. The smallest absolute Gasteiger partial charge is 0.341 e. The number of benzene rings is 1. The molecule has 162 valence electrons. The number of ether oxygens (including phenoxy) is 3. The second kappa shape index (κ2) is 11.0. The van der Waals surface area contributed by atoms with Crippen molar-refractivity contribution in [2.45, 2.75) is 25.5 Å². The van der Waals surface area contributed by atoms with Gasteiger partial charge < -0.3 is 34.9 Å². The van der Waals surface area contributed by atoms with Gasteiger partial charge in [-0.25, -0.2) is 9.59 Å². The van der Waals surface area contributed by atoms with Crippen molar-refractivity contribution in [3.63, 3.8) is 0 Å². The largest absolute Gasteiger partial charge is 0.490 e. The van der Waals surface area contributed by atoms with Gasteiger partial charge in [-0.05, 0) is 26.0 Å². The zero-order valence-electron chi connectivity index (χ0n) is 17.3. The number of hydrogen-bond acceptors (Lipinski definition) is 7. The van der Waals surface area contributed by atoms with Crippen LogP contribution in [0.25, 0.3) is 0 Å². The number of morpholine rings is 1. The monoisotopic (exact) mass is 409 g/mol. The minimum absolute atomic E-state index is 0.0111. The fourth-order valence-electron chi connectivity index (χ4n) is 2.75. The number of rotatable bonds is 9. The van der Waals surface area contributed by atoms with E-state index in [0.29, 0.717) is 44.2 Å². The molecular weight excluding hydrogens is 378 g/mol. The van der Waals surface area contributed by atoms with Gasteiger partial charge in [-0.15, -0.1) is 0 Å². The zero-order chi connectivity index (χ0) is 21.3. The number of aliphatic hydroxyl groups excluding tert-OH is 1. The summed E-state index contributed by atoms with van der Waals surface area (Å²) in [5.41, 5.74) is -0.117. The van der Waals surface area contributed by atoms with Crippen LogP contribution in [0.5, 0.6) is 5.75 Å². The first kappa shape index (κ1) is 22.9. The van der Waals surface area contributed by atoms with E-state index in [2.05, 4.69) is 10.6 Å². The van der Waals surface area contributed by atoms with E-state index >= 15 is 0 Å². The lowest BCUT2D eigenvalue weighted by Crippen LogP contribution is -2.54. The summed E-state index contributed by atoms with van der Waals surface area (Å²) in [6.07, 6.45) is -0.796. The molecule has 9 heteroatoms. The maximum Gasteiger partial charge on any atom is 0.341 e. The lowest BCUT2D eigenvalue weighted by atomic mass is 10.1. The zero-order valence-corrected chi connectivity index (χ0v) is 17.3. The molecule has 0 spiro atoms. The molecule has 1 atom stereocenters. The average molecular weight is 409 g/mol. The Morgan fingerprint density at radius 1 is 1.28 bits per heavy atom. The van der Waals surface area contributed by atoms with E-state index in [9.17, 15) is 14.7 Å². The minimum atomic E-state index is -0.796. The number of hydrogen-bond donors (Lipinski definition) is 3. The number of β-amino-alcohol motifs (C(OH)–C–C–N with tert-alkyl or cyclic N) is 1. The molecule has 1 aromatic rings. The fraction of sp³-hybridized carbons (Fsp3) is 0.600. The number of para-hydroxylation sites is 1. The Balaban J connectivity index is 1.74. The van der Waals surface area contributed by atoms with Gasteiger partial charge in [-0.3, -0.25) is 0 Å². The van der Waals surface area contributed by atoms with Crippen molar-refractivity contribution in [1.29, 1.82) is 0 Å². The Morgan fingerprint density at radius 3 is 2.66 bits per heavy atom. The Bertz CT molecular complexity index is 676. The Morgan fingerprint density at radius 2 is 1.97 bits per heavy atom. The summed E-state index contributed by atoms with van der Waals surface area (Å²) in [7, 11) is 1.30. The van der Waals surface area contributed by atoms with Crippen LogP contribution in [0, 0.1) is 0 Å². The van der Waals surface area contributed by atoms with Gasteiger partial charge in [-0.1, -0.05) is 12.1 Å². The number of methoxy groups -OCH3 is 1. The molecule has 1 aromatic carbocycles. The number of amides is 2. The molecule has 3 N–H and O–H groups in total. The molecule has 0 aliphatic carbocycles. The van der Waals surface area contributed by atoms with Gasteiger partial charge in [0.05, 0.1) is 20.3 Å². The van der Waals surface area contributed by atoms with Crippen LogP contribution in [0.3, 0.4) is 0 Å². The van der Waals surface area contributed by atoms with E-state index in [4.69, 9.17) is 14.2 Å². The number of carbonyl (C=O) groups excluding carboxylic acids is 2. The van der Waals surface area contributed by atoms with Gasteiger partial charge in [0, 0.05) is 31.7 Å². The van der Waals surface area contributed by atoms with Gasteiger partial charge >= 0.3 is 12.0 Å². The summed E-state index contributed by atoms with van der Waals surface area (Å²) >= 11 is 0. The summed E-state index contributed by atoms with van der Waals surface area (Å²) in [5.74, 6) is -0.138. The third-order valence-electron chi connectivity index (χ3n) is 4.52. The normalized spacial score (nSPS) is 15.5. The van der Waals surface area contributed by atoms with Crippen LogP contribution in [0.4, 0.5) is 4.79 Å². The lowest BCUT2D eigenvalue weighted by molar-refractivity contribution is 0.0526. The summed E-state index contributed by atoms with van der Waals surface area (Å²) in [4.78, 5) is 25.7. The van der Waals surface area contributed by atoms with Gasteiger partial charge in [0.2, 0.25) is 0 Å². The quantitative estimate of drug-likeness (QED) is 0.513. The molecule has 1 aliphatic heterocycles. The van der Waals surface area contributed by atoms with Crippen LogP contribution in [0.15, 0.2) is 24.3 Å². The van der Waals surface area contributed by atoms with Gasteiger partial charge in [-0.2, -0.15) is 0 Å². The predicted octanol–water partition coefficient (Wildman–Crippen LogP) is 0.623. The topological polar surface area (TPSA) is 109 Å². The lowest BCUT2D eigenvalue weighted by Gasteiger charge is -2.31. The third kappa shape index (κ3) is 7.52. The van der Waals surface area contributed by atoms with E-state index in [-0.39, 0.29) is 19.2 Å². The molecule has 0 radical (unpaired) electrons. The number of nitrogens with zero attached hydrogens (tertiary/aromatic N) is 1. The summed E-state index contributed by atoms with van der Waals surface area (Å²) in [6, 6.07) is 6.59. The highest BCUT2D eigenvalue weighted by Crippen LogP contribution is 2.19. The highest BCUT2D eigenvalue weighted by molar-refractivity contribution is 5.92. The van der Waals surface area contributed by atoms with Crippen molar-refractivity contribution in [2.24, 2.45) is 0 Å². The van der Waals surface area contributed by atoms with Crippen LogP contribution in [-0.2, 0) is 9.47 Å². The van der Waals surface area contributed by atoms with Crippen LogP contribution >= 0.6 is 0 Å². The number of aliphatic hydroxyl groups is 1. The first-order chi connectivity index (χ1) is 13.8. The summed E-state index contributed by atoms with van der Waals surface area (Å²) < 4.78 is 15.6. The number of nitrogens with one attached hydrogen (secondary N) is 2. The molecule has 0 saturated carbocycles. The molecule has 2 amide bonds. The molecule has 0 bridgehead atoms. The van der Waals surface area contributed by atoms with E-state index in [0.717, 1.165) is 0 Å². The predicted molar refractivity (Wildman–Crippen MR) is 107 cm³/mol. The standard InChI is InChI=1S/C20H31N3O6/c1-20(2,14-21-19(26)23-8-10-28-11-9-23)22-12-15(24)13-29-17-7-5-4-6-16(17)18(25)27-3/h4-7,15,22,24H,8-14H2,1-3H3,(H,21,26). The first-order valence-corrected chi connectivity index (χ1v) is 9.66. The van der Waals surface area contributed by atoms with Crippen molar-refractivity contribution in [1.82, 2.24) is 15.5 Å². The van der Waals surface area contributed by atoms with Crippen LogP contribution in [-0.4, -0.2) is 86.8 Å². The second-order valence-electron chi connectivity index (χ2n) is 7.48. The van der Waals surface area contributed by atoms with Crippen LogP contribution in [0.1, 0.15) is 24.2 Å². The SMILES string of the molecule is COC(=O)c1ccccc1OCC(O)CNC(C)(C)CNC(=O)N1CCOCC1. The van der Waals surface area contributed by atoms with Crippen molar-refractivity contribution < 1.29 is 28.9 Å². The van der Waals surface area contributed by atoms with Gasteiger partial charge in [0.1, 0.15) is 24.0 Å². The molecule has 0 aromatic heterocycles. The van der Waals surface area contributed by atoms with Crippen molar-refractivity contribution >= 4 is 12.0 Å². The van der Waals surface area contributed by atoms with Crippen molar-refractivity contribution in [3.05, 3.63) is 29.8 Å². The number of esters is 1. The van der Waals surface area contributed by atoms with Crippen molar-refractivity contribution in [2.75, 3.05) is 53.1 Å². The molecule has 1 saturated heterocycles. The molecule has 9 nitrogen and oxygen atoms in total. The molecule has 29 heavy (non-hydrogen) atoms. The maximum absolute atomic E-state index is 12.2. The maximum atomic E-state index is 12.2. The Labute approximate surface area is 171 Å². The second-order valence-corrected chi connectivity index (χ2v) is 7.48. The first-order valence-electron chi connectivity index (χ1n) is 9.66. The highest BCUT2D eigenvalue weighted by Gasteiger charge is 2.23. The Kier molecular flexibility index (Phi) is 8.69. The highest BCUT2D eigenvalue weighted by atomic mass is 16.5. The van der Waals surface area contributed by atoms with Crippen LogP contribution in [0.2, 0.25) is 0 Å². The van der Waals surface area contributed by atoms with E-state index < -0.39 is 17.6 Å².